The van der Waals surface area contributed by atoms with E-state index in [2.05, 4.69) is 60.2 Å². The van der Waals surface area contributed by atoms with Gasteiger partial charge in [0, 0.05) is 0 Å². The summed E-state index contributed by atoms with van der Waals surface area (Å²) in [6, 6.07) is 30.1. The van der Waals surface area contributed by atoms with Crippen LogP contribution >= 0.6 is 0 Å². The van der Waals surface area contributed by atoms with Gasteiger partial charge >= 0.3 is 7.54 Å². The van der Waals surface area contributed by atoms with E-state index < -0.39 is 7.54 Å². The molecule has 7 heteroatoms. The monoisotopic (exact) mass is 775 g/mol. The molecule has 0 spiro atoms. The normalized spacial score (nSPS) is 9.44. The number of hydrogen-bond donors (Lipinski definition) is 1. The summed E-state index contributed by atoms with van der Waals surface area (Å²) < 4.78 is 29.0. The zero-order valence-electron chi connectivity index (χ0n) is 35.5. The zero-order valence-corrected chi connectivity index (χ0v) is 36.3. The first-order valence-electron chi connectivity index (χ1n) is 18.2. The van der Waals surface area contributed by atoms with Crippen molar-refractivity contribution in [2.24, 2.45) is 0 Å². The van der Waals surface area contributed by atoms with E-state index in [-0.39, 0.29) is 11.3 Å². The highest BCUT2D eigenvalue weighted by atomic mass is 32.2. The molecule has 1 fully saturated rings. The molecule has 1 saturated heterocycles. The molecule has 3 aromatic rings. The molecule has 3 aromatic carbocycles. The van der Waals surface area contributed by atoms with Gasteiger partial charge in [0.2, 0.25) is 0 Å². The highest BCUT2D eigenvalue weighted by molar-refractivity contribution is 7.97. The van der Waals surface area contributed by atoms with Crippen molar-refractivity contribution in [2.75, 3.05) is 23.9 Å². The summed E-state index contributed by atoms with van der Waals surface area (Å²) in [4.78, 5) is 0. The molecule has 1 aliphatic rings. The van der Waals surface area contributed by atoms with E-state index in [1.807, 2.05) is 151 Å². The maximum absolute atomic E-state index is 9.67. The van der Waals surface area contributed by atoms with Crippen molar-refractivity contribution in [3.05, 3.63) is 164 Å². The number of hydrogen-bond acceptors (Lipinski definition) is 1. The van der Waals surface area contributed by atoms with Gasteiger partial charge in [-0.25, -0.2) is 0 Å². The van der Waals surface area contributed by atoms with Gasteiger partial charge in [0.15, 0.2) is 0 Å². The molecule has 1 nitrogen and oxygen atoms in total. The molecule has 4 rings (SSSR count). The second-order valence-corrected chi connectivity index (χ2v) is 14.0. The number of rotatable bonds is 5. The van der Waals surface area contributed by atoms with Crippen molar-refractivity contribution in [2.45, 2.75) is 88.5 Å². The van der Waals surface area contributed by atoms with Crippen LogP contribution in [0.1, 0.15) is 105 Å². The average molecular weight is 775 g/mol. The Kier molecular flexibility index (Phi) is 67.5. The van der Waals surface area contributed by atoms with Crippen LogP contribution in [0.25, 0.3) is 18.2 Å². The fourth-order valence-electron chi connectivity index (χ4n) is 2.77. The fourth-order valence-corrected chi connectivity index (χ4v) is 4.78. The molecule has 306 valence electrons. The third-order valence-corrected chi connectivity index (χ3v) is 7.45. The molecule has 0 radical (unpaired) electrons. The van der Waals surface area contributed by atoms with Crippen LogP contribution in [0.5, 0.6) is 0 Å². The Morgan fingerprint density at radius 2 is 0.796 bits per heavy atom. The van der Waals surface area contributed by atoms with Gasteiger partial charge in [-0.05, 0) is 82.0 Å². The van der Waals surface area contributed by atoms with Gasteiger partial charge in [0.05, 0.1) is 6.61 Å². The summed E-state index contributed by atoms with van der Waals surface area (Å²) in [7, 11) is -2.80. The number of allylic oxidation sites excluding steroid dienone is 2. The van der Waals surface area contributed by atoms with Crippen LogP contribution in [0.2, 0.25) is 0 Å². The minimum atomic E-state index is -3.67. The maximum Gasteiger partial charge on any atom is 0.762 e. The quantitative estimate of drug-likeness (QED) is 0.118. The molecule has 0 saturated carbocycles. The molecule has 1 heterocycles. The Hall–Kier alpha value is -3.81. The highest BCUT2D eigenvalue weighted by Gasteiger charge is 2.20. The molecule has 0 unspecified atom stereocenters. The van der Waals surface area contributed by atoms with Crippen LogP contribution in [0.4, 0.5) is 12.9 Å². The minimum absolute atomic E-state index is 0. The summed E-state index contributed by atoms with van der Waals surface area (Å²) in [5.41, 5.74) is 6.66. The molecule has 1 N–H and O–H groups in total. The van der Waals surface area contributed by atoms with Crippen LogP contribution in [0.3, 0.4) is 0 Å². The lowest BCUT2D eigenvalue weighted by Crippen LogP contribution is -3.00. The van der Waals surface area contributed by atoms with Crippen molar-refractivity contribution in [3.63, 3.8) is 0 Å². The predicted molar refractivity (Wildman–Crippen MR) is 246 cm³/mol. The summed E-state index contributed by atoms with van der Waals surface area (Å²) in [5, 5.41) is 8.04. The molecule has 54 heavy (non-hydrogen) atoms. The van der Waals surface area contributed by atoms with Gasteiger partial charge in [-0.1, -0.05) is 186 Å². The lowest BCUT2D eigenvalue weighted by atomic mass is 10.2. The molecule has 0 aromatic heterocycles. The fraction of sp³-hybridized carbons (Fsp3) is 0.362. The van der Waals surface area contributed by atoms with Crippen LogP contribution in [0, 0.1) is 0 Å². The van der Waals surface area contributed by atoms with E-state index in [1.54, 1.807) is 6.92 Å². The van der Waals surface area contributed by atoms with Crippen LogP contribution in [-0.2, 0) is 10.9 Å². The molecule has 0 aliphatic carbocycles. The first-order chi connectivity index (χ1) is 25.1. The molecule has 0 atom stereocenters. The first kappa shape index (κ1) is 65.1. The van der Waals surface area contributed by atoms with Crippen molar-refractivity contribution in [1.82, 2.24) is 0 Å². The summed E-state index contributed by atoms with van der Waals surface area (Å²) >= 11 is 0. The Morgan fingerprint density at radius 3 is 0.889 bits per heavy atom. The minimum Gasteiger partial charge on any atom is -1.00 e. The largest absolute Gasteiger partial charge is 1.00 e. The van der Waals surface area contributed by atoms with Gasteiger partial charge in [-0.2, -0.15) is 0 Å². The highest BCUT2D eigenvalue weighted by Crippen LogP contribution is 2.12. The van der Waals surface area contributed by atoms with Gasteiger partial charge in [-0.3, -0.25) is 12.9 Å². The SMILES string of the molecule is C=C(C)C.C=C(C)C.C=C(C)CO.C=Cc1ccccc1.C=Cc1ccccc1.C=Cc1ccccc1.CC.CCC.CC[S+]1CCCC1.FB(F)F.[F-]. The second-order valence-electron chi connectivity index (χ2n) is 11.3. The van der Waals surface area contributed by atoms with Gasteiger partial charge in [0.25, 0.3) is 0 Å². The number of aliphatic hydroxyl groups is 1. The molecule has 0 bridgehead atoms. The van der Waals surface area contributed by atoms with Crippen molar-refractivity contribution < 1.29 is 22.8 Å². The lowest BCUT2D eigenvalue weighted by Gasteiger charge is -1.90. The molecule has 1 aliphatic heterocycles. The Labute approximate surface area is 334 Å². The number of aliphatic hydroxyl groups excluding tert-OH is 1. The summed E-state index contributed by atoms with van der Waals surface area (Å²) in [5.74, 6) is 4.52. The van der Waals surface area contributed by atoms with E-state index in [1.165, 1.54) is 64.4 Å². The molecular formula is C47H75BF4OS. The standard InChI is InChI=1S/3C8H8.C6H13S.C4H8O.2C4H8.C3H8.C2H6.BF3.FH/c3*1-2-8-6-4-3-5-7-8;1-2-7-5-3-4-6-7;1-4(2)3-5;2*1-4(2)3;1-3-2;1-2;2-1(3)4;/h3*2-7H,1H2;2-6H2,1H3;5H,1,3H2,2H3;2*1H2,2-3H3;3H2,1-2H3;1-2H3;;1H/q;;;+1;;;;;;;/p-1. The smallest absolute Gasteiger partial charge is 0.762 e. The predicted octanol–water partition coefficient (Wildman–Crippen LogP) is 12.5. The number of benzene rings is 3. The van der Waals surface area contributed by atoms with E-state index in [9.17, 15) is 12.9 Å². The third-order valence-electron chi connectivity index (χ3n) is 4.90. The van der Waals surface area contributed by atoms with Gasteiger partial charge < -0.3 is 9.81 Å². The van der Waals surface area contributed by atoms with Gasteiger partial charge in [-0.15, -0.1) is 13.2 Å². The summed E-state index contributed by atoms with van der Waals surface area (Å²) in [6.45, 7) is 41.8. The van der Waals surface area contributed by atoms with E-state index >= 15 is 0 Å². The summed E-state index contributed by atoms with van der Waals surface area (Å²) in [6.07, 6.45) is 9.77. The molecule has 0 amide bonds. The Balaban J connectivity index is -0.0000000931. The third kappa shape index (κ3) is 77.6. The second kappa shape index (κ2) is 55.9. The van der Waals surface area contributed by atoms with Crippen molar-refractivity contribution in [3.8, 4) is 0 Å². The first-order valence-corrected chi connectivity index (χ1v) is 19.9. The average Bonchev–Trinajstić information content (AvgIpc) is 3.69. The Bertz CT molecular complexity index is 1070. The van der Waals surface area contributed by atoms with Crippen LogP contribution < -0.4 is 4.70 Å². The van der Waals surface area contributed by atoms with E-state index in [0.717, 1.165) is 16.5 Å². The van der Waals surface area contributed by atoms with Crippen LogP contribution in [0.15, 0.2) is 147 Å². The molecular weight excluding hydrogens is 699 g/mol. The lowest BCUT2D eigenvalue weighted by molar-refractivity contribution is -0.0000153. The zero-order chi connectivity index (χ0) is 42.3. The Morgan fingerprint density at radius 1 is 0.611 bits per heavy atom. The van der Waals surface area contributed by atoms with Crippen molar-refractivity contribution >= 4 is 36.7 Å². The van der Waals surface area contributed by atoms with E-state index in [0.29, 0.717) is 0 Å². The van der Waals surface area contributed by atoms with E-state index in [4.69, 9.17) is 5.11 Å². The van der Waals surface area contributed by atoms with Crippen LogP contribution in [-0.4, -0.2) is 36.5 Å². The van der Waals surface area contributed by atoms with Gasteiger partial charge in [0.1, 0.15) is 17.3 Å². The van der Waals surface area contributed by atoms with Crippen molar-refractivity contribution in [1.29, 1.82) is 0 Å². The number of halogens is 4. The topological polar surface area (TPSA) is 20.2 Å². The maximum atomic E-state index is 9.67.